The number of carbonyl (C=O) groups is 1. The van der Waals surface area contributed by atoms with Crippen molar-refractivity contribution in [1.82, 2.24) is 14.7 Å². The first-order chi connectivity index (χ1) is 10.1. The van der Waals surface area contributed by atoms with Crippen LogP contribution in [0.3, 0.4) is 0 Å². The van der Waals surface area contributed by atoms with E-state index in [0.29, 0.717) is 19.6 Å². The van der Waals surface area contributed by atoms with E-state index in [0.717, 1.165) is 32.5 Å². The molecule has 0 aliphatic carbocycles. The van der Waals surface area contributed by atoms with Crippen LogP contribution in [-0.2, 0) is 22.6 Å². The molecule has 1 amide bonds. The third-order valence-electron chi connectivity index (χ3n) is 4.38. The molecule has 0 spiro atoms. The average Bonchev–Trinajstić information content (AvgIpc) is 2.93. The van der Waals surface area contributed by atoms with Gasteiger partial charge in [-0.2, -0.15) is 5.10 Å². The molecule has 2 rings (SSSR count). The fraction of sp³-hybridized carbons (Fsp3) is 0.733. The normalized spacial score (nSPS) is 23.3. The molecule has 118 valence electrons. The summed E-state index contributed by atoms with van der Waals surface area (Å²) in [5.41, 5.74) is 6.42. The molecule has 1 unspecified atom stereocenters. The van der Waals surface area contributed by atoms with Gasteiger partial charge in [-0.15, -0.1) is 0 Å². The Kier molecular flexibility index (Phi) is 5.36. The highest BCUT2D eigenvalue weighted by molar-refractivity contribution is 5.81. The van der Waals surface area contributed by atoms with Crippen LogP contribution in [0, 0.1) is 5.41 Å². The van der Waals surface area contributed by atoms with Gasteiger partial charge in [0.15, 0.2) is 0 Å². The number of rotatable bonds is 7. The van der Waals surface area contributed by atoms with Gasteiger partial charge in [0.25, 0.3) is 0 Å². The van der Waals surface area contributed by atoms with Crippen molar-refractivity contribution >= 4 is 5.91 Å². The molecule has 0 bridgehead atoms. The highest BCUT2D eigenvalue weighted by Crippen LogP contribution is 2.34. The Hall–Kier alpha value is -1.40. The van der Waals surface area contributed by atoms with Gasteiger partial charge in [-0.05, 0) is 32.7 Å². The number of aryl methyl sites for hydroxylation is 1. The predicted molar refractivity (Wildman–Crippen MR) is 80.5 cm³/mol. The summed E-state index contributed by atoms with van der Waals surface area (Å²) < 4.78 is 7.07. The lowest BCUT2D eigenvalue weighted by Crippen LogP contribution is -2.50. The number of hydrogen-bond acceptors (Lipinski definition) is 4. The molecule has 6 nitrogen and oxygen atoms in total. The fourth-order valence-electron chi connectivity index (χ4n) is 3.11. The second kappa shape index (κ2) is 7.04. The smallest absolute Gasteiger partial charge is 0.225 e. The Labute approximate surface area is 126 Å². The number of primary amides is 1. The van der Waals surface area contributed by atoms with E-state index >= 15 is 0 Å². The Morgan fingerprint density at radius 2 is 2.38 bits per heavy atom. The van der Waals surface area contributed by atoms with E-state index in [1.54, 1.807) is 7.11 Å². The molecule has 6 heteroatoms. The minimum Gasteiger partial charge on any atom is -0.385 e. The number of nitrogens with two attached hydrogens (primary N) is 1. The average molecular weight is 294 g/mol. The number of amides is 1. The SMILES string of the molecule is CCn1cc(CN2CCCC(CCOC)(C(N)=O)C2)cn1. The van der Waals surface area contributed by atoms with Gasteiger partial charge in [0, 0.05) is 45.1 Å². The molecule has 1 aromatic rings. The van der Waals surface area contributed by atoms with Crippen LogP contribution < -0.4 is 5.73 Å². The summed E-state index contributed by atoms with van der Waals surface area (Å²) in [4.78, 5) is 14.3. The van der Waals surface area contributed by atoms with Crippen LogP contribution >= 0.6 is 0 Å². The van der Waals surface area contributed by atoms with Crippen LogP contribution in [0.25, 0.3) is 0 Å². The fourth-order valence-corrected chi connectivity index (χ4v) is 3.11. The van der Waals surface area contributed by atoms with E-state index in [9.17, 15) is 4.79 Å². The van der Waals surface area contributed by atoms with Gasteiger partial charge < -0.3 is 10.5 Å². The summed E-state index contributed by atoms with van der Waals surface area (Å²) in [6, 6.07) is 0. The number of likely N-dealkylation sites (tertiary alicyclic amines) is 1. The van der Waals surface area contributed by atoms with Crippen LogP contribution in [0.2, 0.25) is 0 Å². The molecule has 1 aliphatic rings. The van der Waals surface area contributed by atoms with Gasteiger partial charge in [0.2, 0.25) is 5.91 Å². The minimum atomic E-state index is -0.449. The summed E-state index contributed by atoms with van der Waals surface area (Å²) in [7, 11) is 1.66. The zero-order chi connectivity index (χ0) is 15.3. The maximum atomic E-state index is 12.0. The van der Waals surface area contributed by atoms with E-state index < -0.39 is 5.41 Å². The number of piperidine rings is 1. The zero-order valence-corrected chi connectivity index (χ0v) is 13.0. The van der Waals surface area contributed by atoms with Crippen molar-refractivity contribution in [3.05, 3.63) is 18.0 Å². The van der Waals surface area contributed by atoms with Crippen molar-refractivity contribution in [2.75, 3.05) is 26.8 Å². The summed E-state index contributed by atoms with van der Waals surface area (Å²) in [6.45, 7) is 6.05. The second-order valence-corrected chi connectivity index (χ2v) is 5.91. The Morgan fingerprint density at radius 1 is 1.57 bits per heavy atom. The number of hydrogen-bond donors (Lipinski definition) is 1. The molecule has 2 N–H and O–H groups in total. The summed E-state index contributed by atoms with van der Waals surface area (Å²) in [5, 5.41) is 4.30. The molecular formula is C15H26N4O2. The van der Waals surface area contributed by atoms with Crippen molar-refractivity contribution in [2.45, 2.75) is 39.3 Å². The first kappa shape index (κ1) is 16.0. The third kappa shape index (κ3) is 3.83. The van der Waals surface area contributed by atoms with Crippen LogP contribution in [0.15, 0.2) is 12.4 Å². The van der Waals surface area contributed by atoms with Gasteiger partial charge >= 0.3 is 0 Å². The third-order valence-corrected chi connectivity index (χ3v) is 4.38. The maximum Gasteiger partial charge on any atom is 0.225 e. The van der Waals surface area contributed by atoms with Crippen LogP contribution in [-0.4, -0.2) is 47.4 Å². The van der Waals surface area contributed by atoms with E-state index in [1.807, 2.05) is 10.9 Å². The topological polar surface area (TPSA) is 73.4 Å². The van der Waals surface area contributed by atoms with Gasteiger partial charge in [-0.1, -0.05) is 0 Å². The molecule has 1 fully saturated rings. The molecule has 0 saturated carbocycles. The van der Waals surface area contributed by atoms with Crippen molar-refractivity contribution in [2.24, 2.45) is 11.1 Å². The Balaban J connectivity index is 2.02. The summed E-state index contributed by atoms with van der Waals surface area (Å²) in [6.07, 6.45) is 6.52. The number of nitrogens with zero attached hydrogens (tertiary/aromatic N) is 3. The zero-order valence-electron chi connectivity index (χ0n) is 13.0. The van der Waals surface area contributed by atoms with Crippen molar-refractivity contribution in [1.29, 1.82) is 0 Å². The highest BCUT2D eigenvalue weighted by Gasteiger charge is 2.40. The molecular weight excluding hydrogens is 268 g/mol. The quantitative estimate of drug-likeness (QED) is 0.814. The van der Waals surface area contributed by atoms with Crippen LogP contribution in [0.4, 0.5) is 0 Å². The molecule has 1 aliphatic heterocycles. The van der Waals surface area contributed by atoms with Crippen LogP contribution in [0.5, 0.6) is 0 Å². The van der Waals surface area contributed by atoms with Gasteiger partial charge in [-0.3, -0.25) is 14.4 Å². The van der Waals surface area contributed by atoms with Crippen molar-refractivity contribution in [3.8, 4) is 0 Å². The van der Waals surface area contributed by atoms with E-state index in [-0.39, 0.29) is 5.91 Å². The Morgan fingerprint density at radius 3 is 3.00 bits per heavy atom. The molecule has 1 atom stereocenters. The van der Waals surface area contributed by atoms with E-state index in [1.165, 1.54) is 5.56 Å². The van der Waals surface area contributed by atoms with Gasteiger partial charge in [0.05, 0.1) is 11.6 Å². The van der Waals surface area contributed by atoms with E-state index in [4.69, 9.17) is 10.5 Å². The second-order valence-electron chi connectivity index (χ2n) is 5.91. The number of methoxy groups -OCH3 is 1. The van der Waals surface area contributed by atoms with E-state index in [2.05, 4.69) is 23.1 Å². The minimum absolute atomic E-state index is 0.200. The molecule has 2 heterocycles. The lowest BCUT2D eigenvalue weighted by Gasteiger charge is -2.40. The Bertz CT molecular complexity index is 474. The standard InChI is InChI=1S/C15H26N4O2/c1-3-19-11-13(9-17-19)10-18-7-4-5-15(12-18,14(16)20)6-8-21-2/h9,11H,3-8,10,12H2,1-2H3,(H2,16,20). The summed E-state index contributed by atoms with van der Waals surface area (Å²) >= 11 is 0. The molecule has 1 aromatic heterocycles. The lowest BCUT2D eigenvalue weighted by molar-refractivity contribution is -0.132. The summed E-state index contributed by atoms with van der Waals surface area (Å²) in [5.74, 6) is -0.200. The van der Waals surface area contributed by atoms with Crippen molar-refractivity contribution < 1.29 is 9.53 Å². The molecule has 0 aromatic carbocycles. The van der Waals surface area contributed by atoms with Gasteiger partial charge in [-0.25, -0.2) is 0 Å². The number of carbonyl (C=O) groups excluding carboxylic acids is 1. The maximum absolute atomic E-state index is 12.0. The number of ether oxygens (including phenoxy) is 1. The predicted octanol–water partition coefficient (Wildman–Crippen LogP) is 1.01. The van der Waals surface area contributed by atoms with Gasteiger partial charge in [0.1, 0.15) is 0 Å². The first-order valence-electron chi connectivity index (χ1n) is 7.62. The van der Waals surface area contributed by atoms with Crippen LogP contribution in [0.1, 0.15) is 31.7 Å². The highest BCUT2D eigenvalue weighted by atomic mass is 16.5. The largest absolute Gasteiger partial charge is 0.385 e. The first-order valence-corrected chi connectivity index (χ1v) is 7.62. The van der Waals surface area contributed by atoms with Crippen molar-refractivity contribution in [3.63, 3.8) is 0 Å². The monoisotopic (exact) mass is 294 g/mol. The molecule has 0 radical (unpaired) electrons. The number of aromatic nitrogens is 2. The molecule has 21 heavy (non-hydrogen) atoms. The lowest BCUT2D eigenvalue weighted by atomic mass is 9.76. The molecule has 1 saturated heterocycles.